The van der Waals surface area contributed by atoms with E-state index in [0.29, 0.717) is 5.02 Å². The molecule has 1 amide bonds. The van der Waals surface area contributed by atoms with Crippen molar-refractivity contribution in [2.45, 2.75) is 31.7 Å². The number of hydrogen-bond donors (Lipinski definition) is 3. The highest BCUT2D eigenvalue weighted by atomic mass is 35.5. The van der Waals surface area contributed by atoms with Gasteiger partial charge in [0.2, 0.25) is 5.91 Å². The minimum Gasteiger partial charge on any atom is -0.388 e. The zero-order chi connectivity index (χ0) is 26.3. The van der Waals surface area contributed by atoms with Crippen molar-refractivity contribution in [3.05, 3.63) is 83.4 Å². The normalized spacial score (nSPS) is 15.6. The molecule has 9 nitrogen and oxygen atoms in total. The maximum absolute atomic E-state index is 13.1. The van der Waals surface area contributed by atoms with Crippen LogP contribution >= 0.6 is 11.6 Å². The molecule has 38 heavy (non-hydrogen) atoms. The molecule has 1 atom stereocenters. The number of hydrogen-bond acceptors (Lipinski definition) is 7. The molecular formula is C28H29ClN8O. The molecular weight excluding hydrogens is 500 g/mol. The van der Waals surface area contributed by atoms with Gasteiger partial charge in [-0.3, -0.25) is 9.78 Å². The second-order valence-electron chi connectivity index (χ2n) is 9.15. The smallest absolute Gasteiger partial charge is 0.244 e. The summed E-state index contributed by atoms with van der Waals surface area (Å²) in [5.74, 6) is -0.198. The fourth-order valence-corrected chi connectivity index (χ4v) is 4.79. The van der Waals surface area contributed by atoms with Crippen LogP contribution in [0.4, 0.5) is 11.4 Å². The minimum atomic E-state index is -0.198. The Kier molecular flexibility index (Phi) is 7.94. The van der Waals surface area contributed by atoms with Crippen molar-refractivity contribution in [1.82, 2.24) is 30.5 Å². The van der Waals surface area contributed by atoms with Gasteiger partial charge in [-0.2, -0.15) is 4.68 Å². The fraction of sp³-hybridized carbons (Fsp3) is 0.250. The van der Waals surface area contributed by atoms with Crippen LogP contribution < -0.4 is 16.0 Å². The van der Waals surface area contributed by atoms with E-state index in [1.165, 1.54) is 17.1 Å². The summed E-state index contributed by atoms with van der Waals surface area (Å²) in [5, 5.41) is 21.9. The predicted molar refractivity (Wildman–Crippen MR) is 150 cm³/mol. The van der Waals surface area contributed by atoms with Crippen LogP contribution in [-0.4, -0.2) is 44.7 Å². The standard InChI is InChI=1S/C28H29ClN8O/c1-30-23-8-9-24-20-13-21(17-31-16-20)25(5-3-2-4-12-32-26(24)15-23)34-28(38)11-6-19-14-22(29)7-10-27(19)37-18-33-35-36-37/h6-11,13-18,25,30,32H,2-5,12H2,1H3,(H,34,38)/b11-6+/t25-/m0/s1. The van der Waals surface area contributed by atoms with Crippen molar-refractivity contribution >= 4 is 35.0 Å². The lowest BCUT2D eigenvalue weighted by Gasteiger charge is -2.21. The van der Waals surface area contributed by atoms with E-state index in [1.54, 1.807) is 18.2 Å². The fourth-order valence-electron chi connectivity index (χ4n) is 4.61. The van der Waals surface area contributed by atoms with Gasteiger partial charge in [0.25, 0.3) is 0 Å². The third-order valence-electron chi connectivity index (χ3n) is 6.58. The summed E-state index contributed by atoms with van der Waals surface area (Å²) in [4.78, 5) is 17.6. The van der Waals surface area contributed by atoms with Gasteiger partial charge >= 0.3 is 0 Å². The van der Waals surface area contributed by atoms with Gasteiger partial charge in [-0.05, 0) is 71.3 Å². The number of nitrogens with zero attached hydrogens (tertiary/aromatic N) is 5. The summed E-state index contributed by atoms with van der Waals surface area (Å²) < 4.78 is 1.53. The summed E-state index contributed by atoms with van der Waals surface area (Å²) in [6.45, 7) is 0.885. The summed E-state index contributed by atoms with van der Waals surface area (Å²) in [6.07, 6.45) is 12.4. The molecule has 3 N–H and O–H groups in total. The van der Waals surface area contributed by atoms with Crippen LogP contribution in [-0.2, 0) is 4.79 Å². The topological polar surface area (TPSA) is 110 Å². The molecule has 0 fully saturated rings. The van der Waals surface area contributed by atoms with Gasteiger partial charge in [0.15, 0.2) is 0 Å². The predicted octanol–water partition coefficient (Wildman–Crippen LogP) is 5.28. The number of amides is 1. The summed E-state index contributed by atoms with van der Waals surface area (Å²) in [6, 6.07) is 13.6. The number of anilines is 2. The third kappa shape index (κ3) is 6.00. The van der Waals surface area contributed by atoms with Crippen molar-refractivity contribution in [2.24, 2.45) is 0 Å². The summed E-state index contributed by atoms with van der Waals surface area (Å²) in [5.41, 5.74) is 6.64. The lowest BCUT2D eigenvalue weighted by atomic mass is 9.96. The van der Waals surface area contributed by atoms with E-state index in [0.717, 1.165) is 71.5 Å². The number of nitrogens with one attached hydrogen (secondary N) is 3. The molecule has 0 radical (unpaired) electrons. The molecule has 0 spiro atoms. The summed E-state index contributed by atoms with van der Waals surface area (Å²) >= 11 is 6.22. The maximum atomic E-state index is 13.1. The van der Waals surface area contributed by atoms with Crippen LogP contribution in [0.2, 0.25) is 5.02 Å². The highest BCUT2D eigenvalue weighted by Gasteiger charge is 2.17. The van der Waals surface area contributed by atoms with Crippen LogP contribution in [0.3, 0.4) is 0 Å². The Hall–Kier alpha value is -4.24. The number of carbonyl (C=O) groups is 1. The van der Waals surface area contributed by atoms with E-state index in [-0.39, 0.29) is 11.9 Å². The summed E-state index contributed by atoms with van der Waals surface area (Å²) in [7, 11) is 1.92. The number of aromatic nitrogens is 5. The van der Waals surface area contributed by atoms with E-state index >= 15 is 0 Å². The van der Waals surface area contributed by atoms with Crippen LogP contribution in [0, 0.1) is 0 Å². The van der Waals surface area contributed by atoms with Crippen molar-refractivity contribution < 1.29 is 4.79 Å². The minimum absolute atomic E-state index is 0.162. The Morgan fingerprint density at radius 2 is 2.05 bits per heavy atom. The molecule has 5 rings (SSSR count). The SMILES string of the molecule is CNc1ccc2c(c1)NCCCCC[C@H](NC(=O)/C=C/c1cc(Cl)ccc1-n1cnnn1)c1cncc-2c1. The van der Waals surface area contributed by atoms with Crippen molar-refractivity contribution in [3.63, 3.8) is 0 Å². The van der Waals surface area contributed by atoms with Crippen LogP contribution in [0.25, 0.3) is 22.9 Å². The van der Waals surface area contributed by atoms with E-state index in [2.05, 4.69) is 60.7 Å². The second kappa shape index (κ2) is 11.9. The largest absolute Gasteiger partial charge is 0.388 e. The molecule has 4 aromatic rings. The first-order valence-corrected chi connectivity index (χ1v) is 13.0. The van der Waals surface area contributed by atoms with E-state index < -0.39 is 0 Å². The van der Waals surface area contributed by atoms with Crippen LogP contribution in [0.5, 0.6) is 0 Å². The van der Waals surface area contributed by atoms with Gasteiger partial charge in [0, 0.05) is 65.1 Å². The number of benzene rings is 2. The molecule has 2 bridgehead atoms. The van der Waals surface area contributed by atoms with E-state index in [1.807, 2.05) is 25.5 Å². The first-order valence-electron chi connectivity index (χ1n) is 12.6. The Labute approximate surface area is 226 Å². The van der Waals surface area contributed by atoms with E-state index in [9.17, 15) is 4.79 Å². The lowest BCUT2D eigenvalue weighted by molar-refractivity contribution is -0.117. The molecule has 0 saturated carbocycles. The molecule has 2 aromatic heterocycles. The first kappa shape index (κ1) is 25.4. The highest BCUT2D eigenvalue weighted by molar-refractivity contribution is 6.30. The number of fused-ring (bicyclic) bond motifs is 4. The quantitative estimate of drug-likeness (QED) is 0.302. The Morgan fingerprint density at radius 1 is 1.13 bits per heavy atom. The van der Waals surface area contributed by atoms with Gasteiger partial charge in [-0.1, -0.05) is 30.5 Å². The zero-order valence-electron chi connectivity index (χ0n) is 21.1. The highest BCUT2D eigenvalue weighted by Crippen LogP contribution is 2.33. The molecule has 0 saturated heterocycles. The molecule has 0 unspecified atom stereocenters. The Morgan fingerprint density at radius 3 is 2.89 bits per heavy atom. The maximum Gasteiger partial charge on any atom is 0.244 e. The second-order valence-corrected chi connectivity index (χ2v) is 9.58. The lowest BCUT2D eigenvalue weighted by Crippen LogP contribution is -2.27. The third-order valence-corrected chi connectivity index (χ3v) is 6.82. The molecule has 194 valence electrons. The molecule has 2 aromatic carbocycles. The van der Waals surface area contributed by atoms with Crippen LogP contribution in [0.15, 0.2) is 67.3 Å². The van der Waals surface area contributed by atoms with Gasteiger partial charge in [-0.25, -0.2) is 0 Å². The Bertz CT molecular complexity index is 1440. The van der Waals surface area contributed by atoms with Gasteiger partial charge in [0.05, 0.1) is 11.7 Å². The molecule has 0 aliphatic carbocycles. The number of halogens is 1. The van der Waals surface area contributed by atoms with Crippen LogP contribution in [0.1, 0.15) is 42.9 Å². The van der Waals surface area contributed by atoms with E-state index in [4.69, 9.17) is 11.6 Å². The first-order chi connectivity index (χ1) is 18.6. The average molecular weight is 529 g/mol. The van der Waals surface area contributed by atoms with Crippen molar-refractivity contribution in [1.29, 1.82) is 0 Å². The number of carbonyl (C=O) groups excluding carboxylic acids is 1. The Balaban J connectivity index is 1.40. The average Bonchev–Trinajstić information content (AvgIpc) is 3.47. The number of pyridine rings is 1. The molecule has 1 aliphatic heterocycles. The van der Waals surface area contributed by atoms with Gasteiger partial charge < -0.3 is 16.0 Å². The van der Waals surface area contributed by atoms with Gasteiger partial charge in [-0.15, -0.1) is 5.10 Å². The zero-order valence-corrected chi connectivity index (χ0v) is 21.8. The molecule has 1 aliphatic rings. The molecule has 10 heteroatoms. The number of rotatable bonds is 5. The van der Waals surface area contributed by atoms with Gasteiger partial charge in [0.1, 0.15) is 6.33 Å². The van der Waals surface area contributed by atoms with Crippen molar-refractivity contribution in [2.75, 3.05) is 24.2 Å². The number of tetrazole rings is 1. The molecule has 3 heterocycles. The van der Waals surface area contributed by atoms with Crippen molar-refractivity contribution in [3.8, 4) is 16.8 Å². The monoisotopic (exact) mass is 528 g/mol.